The van der Waals surface area contributed by atoms with Crippen LogP contribution >= 0.6 is 0 Å². The predicted molar refractivity (Wildman–Crippen MR) is 95.8 cm³/mol. The van der Waals surface area contributed by atoms with Crippen molar-refractivity contribution in [2.45, 2.75) is 38.7 Å². The molecule has 1 fully saturated rings. The number of hydrogen-bond acceptors (Lipinski definition) is 4. The zero-order chi connectivity index (χ0) is 17.5. The van der Waals surface area contributed by atoms with E-state index in [1.54, 1.807) is 35.4 Å². The van der Waals surface area contributed by atoms with Crippen LogP contribution in [0.15, 0.2) is 36.8 Å². The van der Waals surface area contributed by atoms with Crippen LogP contribution < -0.4 is 10.6 Å². The molecular weight excluding hydrogens is 318 g/mol. The largest absolute Gasteiger partial charge is 0.376 e. The van der Waals surface area contributed by atoms with Gasteiger partial charge in [0, 0.05) is 25.1 Å². The summed E-state index contributed by atoms with van der Waals surface area (Å²) in [6, 6.07) is 5.10. The normalized spacial score (nSPS) is 20.2. The maximum atomic E-state index is 12.1. The molecule has 134 valence electrons. The third-order valence-corrected chi connectivity index (χ3v) is 4.51. The van der Waals surface area contributed by atoms with Crippen molar-refractivity contribution in [3.05, 3.63) is 36.8 Å². The summed E-state index contributed by atoms with van der Waals surface area (Å²) in [5, 5.41) is 9.79. The van der Waals surface area contributed by atoms with Gasteiger partial charge < -0.3 is 15.4 Å². The van der Waals surface area contributed by atoms with E-state index in [1.165, 1.54) is 19.3 Å². The second kappa shape index (κ2) is 8.62. The van der Waals surface area contributed by atoms with Crippen molar-refractivity contribution in [1.29, 1.82) is 0 Å². The second-order valence-electron chi connectivity index (χ2n) is 6.38. The first-order chi connectivity index (χ1) is 12.2. The van der Waals surface area contributed by atoms with E-state index in [-0.39, 0.29) is 6.03 Å². The first-order valence-corrected chi connectivity index (χ1v) is 8.85. The molecule has 2 heterocycles. The minimum absolute atomic E-state index is 0.276. The molecule has 25 heavy (non-hydrogen) atoms. The summed E-state index contributed by atoms with van der Waals surface area (Å²) >= 11 is 0. The minimum atomic E-state index is -0.276. The Morgan fingerprint density at radius 3 is 3.00 bits per heavy atom. The van der Waals surface area contributed by atoms with Gasteiger partial charge >= 0.3 is 6.03 Å². The Labute approximate surface area is 147 Å². The standard InChI is InChI=1S/C18H25N5O2/c1-14-6-2-3-8-16(14)25-13-11-20-18(24)22-15-7-4-9-19-17(15)23-12-5-10-21-23/h4-5,7,9-10,12,14,16H,2-3,6,8,11,13H2,1H3,(H2,20,22,24)/t14-,16-/m1/s1. The Balaban J connectivity index is 1.45. The van der Waals surface area contributed by atoms with Gasteiger partial charge in [0.1, 0.15) is 0 Å². The molecule has 2 atom stereocenters. The molecule has 0 aliphatic heterocycles. The molecule has 3 rings (SSSR count). The first-order valence-electron chi connectivity index (χ1n) is 8.85. The van der Waals surface area contributed by atoms with Gasteiger partial charge in [0.25, 0.3) is 0 Å². The Morgan fingerprint density at radius 2 is 2.20 bits per heavy atom. The van der Waals surface area contributed by atoms with Crippen molar-refractivity contribution in [2.75, 3.05) is 18.5 Å². The molecule has 2 aromatic rings. The summed E-state index contributed by atoms with van der Waals surface area (Å²) in [6.45, 7) is 3.25. The SMILES string of the molecule is C[C@@H]1CCCC[C@H]1OCCNC(=O)Nc1cccnc1-n1cccn1. The summed E-state index contributed by atoms with van der Waals surface area (Å²) in [5.74, 6) is 1.18. The van der Waals surface area contributed by atoms with Gasteiger partial charge in [-0.25, -0.2) is 14.5 Å². The van der Waals surface area contributed by atoms with Crippen molar-refractivity contribution in [3.63, 3.8) is 0 Å². The zero-order valence-corrected chi connectivity index (χ0v) is 14.5. The topological polar surface area (TPSA) is 81.1 Å². The predicted octanol–water partition coefficient (Wildman–Crippen LogP) is 2.98. The number of carbonyl (C=O) groups is 1. The highest BCUT2D eigenvalue weighted by Gasteiger charge is 2.21. The fraction of sp³-hybridized carbons (Fsp3) is 0.500. The van der Waals surface area contributed by atoms with Crippen molar-refractivity contribution in [3.8, 4) is 5.82 Å². The number of ether oxygens (including phenoxy) is 1. The maximum absolute atomic E-state index is 12.1. The average molecular weight is 343 g/mol. The second-order valence-corrected chi connectivity index (χ2v) is 6.38. The molecule has 0 aromatic carbocycles. The number of nitrogens with one attached hydrogen (secondary N) is 2. The quantitative estimate of drug-likeness (QED) is 0.790. The van der Waals surface area contributed by atoms with E-state index in [0.29, 0.717) is 36.7 Å². The van der Waals surface area contributed by atoms with Gasteiger partial charge in [0.2, 0.25) is 0 Å². The van der Waals surface area contributed by atoms with Crippen molar-refractivity contribution >= 4 is 11.7 Å². The smallest absolute Gasteiger partial charge is 0.319 e. The maximum Gasteiger partial charge on any atom is 0.319 e. The van der Waals surface area contributed by atoms with Crippen LogP contribution in [0.2, 0.25) is 0 Å². The number of hydrogen-bond donors (Lipinski definition) is 2. The van der Waals surface area contributed by atoms with Crippen LogP contribution in [0.25, 0.3) is 5.82 Å². The molecule has 2 aromatic heterocycles. The molecule has 0 unspecified atom stereocenters. The number of amides is 2. The van der Waals surface area contributed by atoms with E-state index in [1.807, 2.05) is 6.07 Å². The minimum Gasteiger partial charge on any atom is -0.376 e. The summed E-state index contributed by atoms with van der Waals surface area (Å²) in [6.07, 6.45) is 10.3. The zero-order valence-electron chi connectivity index (χ0n) is 14.5. The van der Waals surface area contributed by atoms with Crippen LogP contribution in [-0.2, 0) is 4.74 Å². The van der Waals surface area contributed by atoms with Gasteiger partial charge in [-0.05, 0) is 37.0 Å². The molecule has 2 N–H and O–H groups in total. The third kappa shape index (κ3) is 4.79. The highest BCUT2D eigenvalue weighted by molar-refractivity contribution is 5.90. The van der Waals surface area contributed by atoms with Crippen molar-refractivity contribution in [2.24, 2.45) is 5.92 Å². The van der Waals surface area contributed by atoms with Crippen LogP contribution in [0.5, 0.6) is 0 Å². The lowest BCUT2D eigenvalue weighted by Gasteiger charge is -2.28. The summed E-state index contributed by atoms with van der Waals surface area (Å²) in [4.78, 5) is 16.4. The highest BCUT2D eigenvalue weighted by atomic mass is 16.5. The number of rotatable bonds is 6. The van der Waals surface area contributed by atoms with Gasteiger partial charge in [0.15, 0.2) is 5.82 Å². The molecule has 7 heteroatoms. The summed E-state index contributed by atoms with van der Waals surface area (Å²) < 4.78 is 7.52. The average Bonchev–Trinajstić information content (AvgIpc) is 3.15. The molecule has 0 spiro atoms. The van der Waals surface area contributed by atoms with Crippen LogP contribution in [0.1, 0.15) is 32.6 Å². The van der Waals surface area contributed by atoms with Gasteiger partial charge in [-0.2, -0.15) is 5.10 Å². The fourth-order valence-electron chi connectivity index (χ4n) is 3.14. The van der Waals surface area contributed by atoms with Gasteiger partial charge in [-0.1, -0.05) is 19.8 Å². The lowest BCUT2D eigenvalue weighted by atomic mass is 9.88. The van der Waals surface area contributed by atoms with E-state index in [0.717, 1.165) is 6.42 Å². The van der Waals surface area contributed by atoms with E-state index in [2.05, 4.69) is 27.6 Å². The van der Waals surface area contributed by atoms with Gasteiger partial charge in [-0.15, -0.1) is 0 Å². The van der Waals surface area contributed by atoms with E-state index >= 15 is 0 Å². The number of pyridine rings is 1. The van der Waals surface area contributed by atoms with Crippen molar-refractivity contribution in [1.82, 2.24) is 20.1 Å². The van der Waals surface area contributed by atoms with Gasteiger partial charge in [0.05, 0.1) is 18.4 Å². The molecule has 7 nitrogen and oxygen atoms in total. The molecular formula is C18H25N5O2. The Kier molecular flexibility index (Phi) is 6.00. The van der Waals surface area contributed by atoms with Gasteiger partial charge in [-0.3, -0.25) is 0 Å². The molecule has 0 saturated heterocycles. The lowest BCUT2D eigenvalue weighted by Crippen LogP contribution is -2.34. The number of nitrogens with zero attached hydrogens (tertiary/aromatic N) is 3. The molecule has 1 saturated carbocycles. The summed E-state index contributed by atoms with van der Waals surface area (Å²) in [7, 11) is 0. The summed E-state index contributed by atoms with van der Waals surface area (Å²) in [5.41, 5.74) is 0.602. The number of anilines is 1. The van der Waals surface area contributed by atoms with Crippen molar-refractivity contribution < 1.29 is 9.53 Å². The number of urea groups is 1. The first kappa shape index (κ1) is 17.4. The lowest BCUT2D eigenvalue weighted by molar-refractivity contribution is -0.00232. The van der Waals surface area contributed by atoms with Crippen LogP contribution in [0, 0.1) is 5.92 Å². The Morgan fingerprint density at radius 1 is 1.32 bits per heavy atom. The van der Waals surface area contributed by atoms with E-state index in [4.69, 9.17) is 4.74 Å². The van der Waals surface area contributed by atoms with Crippen LogP contribution in [0.4, 0.5) is 10.5 Å². The monoisotopic (exact) mass is 343 g/mol. The van der Waals surface area contributed by atoms with E-state index in [9.17, 15) is 4.79 Å². The molecule has 0 bridgehead atoms. The number of aromatic nitrogens is 3. The number of carbonyl (C=O) groups excluding carboxylic acids is 1. The molecule has 2 amide bonds. The highest BCUT2D eigenvalue weighted by Crippen LogP contribution is 2.26. The van der Waals surface area contributed by atoms with Crippen LogP contribution in [0.3, 0.4) is 0 Å². The third-order valence-electron chi connectivity index (χ3n) is 4.51. The molecule has 1 aliphatic carbocycles. The fourth-order valence-corrected chi connectivity index (χ4v) is 3.14. The Hall–Kier alpha value is -2.41. The van der Waals surface area contributed by atoms with Crippen LogP contribution in [-0.4, -0.2) is 40.1 Å². The Bertz CT molecular complexity index is 674. The molecule has 0 radical (unpaired) electrons. The van der Waals surface area contributed by atoms with E-state index < -0.39 is 0 Å². The molecule has 1 aliphatic rings.